The van der Waals surface area contributed by atoms with Crippen LogP contribution in [0, 0.1) is 0 Å². The number of nitrogens with two attached hydrogens (primary N) is 1. The molecule has 2 rings (SSSR count). The van der Waals surface area contributed by atoms with Gasteiger partial charge < -0.3 is 14.9 Å². The summed E-state index contributed by atoms with van der Waals surface area (Å²) in [5.41, 5.74) is 6.64. The van der Waals surface area contributed by atoms with Crippen LogP contribution in [0.5, 0.6) is 5.75 Å². The first kappa shape index (κ1) is 13.0. The highest BCUT2D eigenvalue weighted by Gasteiger charge is 1.98. The van der Waals surface area contributed by atoms with Gasteiger partial charge in [0.1, 0.15) is 12.0 Å². The molecule has 2 N–H and O–H groups in total. The van der Waals surface area contributed by atoms with Gasteiger partial charge in [-0.3, -0.25) is 0 Å². The minimum Gasteiger partial charge on any atom is -0.494 e. The van der Waals surface area contributed by atoms with Crippen LogP contribution in [0.4, 0.5) is 0 Å². The van der Waals surface area contributed by atoms with E-state index in [1.54, 1.807) is 24.2 Å². The Balaban J connectivity index is 1.62. The number of ether oxygens (including phenoxy) is 1. The summed E-state index contributed by atoms with van der Waals surface area (Å²) in [5.74, 6) is 1.81. The third-order valence-electron chi connectivity index (χ3n) is 2.35. The number of oxazole rings is 1. The van der Waals surface area contributed by atoms with Gasteiger partial charge in [0.2, 0.25) is 0 Å². The number of aromatic nitrogens is 1. The van der Waals surface area contributed by atoms with E-state index in [0.29, 0.717) is 18.4 Å². The molecule has 0 bridgehead atoms. The Morgan fingerprint density at radius 2 is 2.11 bits per heavy atom. The predicted molar refractivity (Wildman–Crippen MR) is 71.7 cm³/mol. The monoisotopic (exact) mass is 264 g/mol. The second kappa shape index (κ2) is 7.08. The normalized spacial score (nSPS) is 10.5. The molecule has 0 radical (unpaired) electrons. The molecule has 18 heavy (non-hydrogen) atoms. The van der Waals surface area contributed by atoms with Crippen molar-refractivity contribution < 1.29 is 9.15 Å². The van der Waals surface area contributed by atoms with Crippen molar-refractivity contribution in [1.82, 2.24) is 4.98 Å². The molecule has 1 aromatic carbocycles. The largest absolute Gasteiger partial charge is 0.494 e. The molecule has 0 fully saturated rings. The SMILES string of the molecule is NCc1ccc(OCCCSc2ncco2)cc1. The molecule has 0 unspecified atom stereocenters. The summed E-state index contributed by atoms with van der Waals surface area (Å²) in [6.07, 6.45) is 4.18. The molecular formula is C13H16N2O2S. The molecule has 0 saturated carbocycles. The van der Waals surface area contributed by atoms with Gasteiger partial charge in [0.15, 0.2) is 0 Å². The number of thioether (sulfide) groups is 1. The fourth-order valence-corrected chi connectivity index (χ4v) is 2.11. The zero-order chi connectivity index (χ0) is 12.6. The van der Waals surface area contributed by atoms with Gasteiger partial charge in [-0.05, 0) is 24.1 Å². The van der Waals surface area contributed by atoms with Crippen molar-refractivity contribution in [1.29, 1.82) is 0 Å². The van der Waals surface area contributed by atoms with Crippen LogP contribution in [0.3, 0.4) is 0 Å². The van der Waals surface area contributed by atoms with Gasteiger partial charge >= 0.3 is 0 Å². The van der Waals surface area contributed by atoms with E-state index in [4.69, 9.17) is 14.9 Å². The summed E-state index contributed by atoms with van der Waals surface area (Å²) in [4.78, 5) is 4.03. The summed E-state index contributed by atoms with van der Waals surface area (Å²) in [6, 6.07) is 7.86. The van der Waals surface area contributed by atoms with Crippen LogP contribution in [-0.2, 0) is 6.54 Å². The third kappa shape index (κ3) is 4.09. The Labute approximate surface area is 111 Å². The molecule has 1 aromatic heterocycles. The smallest absolute Gasteiger partial charge is 0.255 e. The summed E-state index contributed by atoms with van der Waals surface area (Å²) in [5, 5.41) is 0.710. The summed E-state index contributed by atoms with van der Waals surface area (Å²) in [6.45, 7) is 1.25. The Bertz CT molecular complexity index is 443. The average Bonchev–Trinajstić information content (AvgIpc) is 2.92. The fraction of sp³-hybridized carbons (Fsp3) is 0.308. The van der Waals surface area contributed by atoms with Gasteiger partial charge in [0, 0.05) is 12.3 Å². The van der Waals surface area contributed by atoms with Crippen molar-refractivity contribution in [2.24, 2.45) is 5.73 Å². The van der Waals surface area contributed by atoms with E-state index in [1.165, 1.54) is 0 Å². The zero-order valence-corrected chi connectivity index (χ0v) is 10.9. The number of benzene rings is 1. The zero-order valence-electron chi connectivity index (χ0n) is 10.0. The maximum absolute atomic E-state index is 5.62. The highest BCUT2D eigenvalue weighted by atomic mass is 32.2. The molecule has 0 amide bonds. The molecule has 0 spiro atoms. The molecule has 96 valence electrons. The van der Waals surface area contributed by atoms with E-state index < -0.39 is 0 Å². The molecule has 0 saturated heterocycles. The second-order valence-corrected chi connectivity index (χ2v) is 4.74. The first-order chi connectivity index (χ1) is 8.88. The first-order valence-electron chi connectivity index (χ1n) is 5.82. The number of nitrogens with zero attached hydrogens (tertiary/aromatic N) is 1. The molecule has 0 aliphatic heterocycles. The standard InChI is InChI=1S/C13H16N2O2S/c14-10-11-2-4-12(5-3-11)16-7-1-9-18-13-15-6-8-17-13/h2-6,8H,1,7,9-10,14H2. The maximum atomic E-state index is 5.62. The summed E-state index contributed by atoms with van der Waals surface area (Å²) in [7, 11) is 0. The van der Waals surface area contributed by atoms with Crippen LogP contribution in [0.15, 0.2) is 46.4 Å². The third-order valence-corrected chi connectivity index (χ3v) is 3.29. The first-order valence-corrected chi connectivity index (χ1v) is 6.81. The van der Waals surface area contributed by atoms with Crippen molar-refractivity contribution >= 4 is 11.8 Å². The fourth-order valence-electron chi connectivity index (χ4n) is 1.41. The lowest BCUT2D eigenvalue weighted by atomic mass is 10.2. The van der Waals surface area contributed by atoms with Crippen LogP contribution >= 0.6 is 11.8 Å². The Hall–Kier alpha value is -1.46. The van der Waals surface area contributed by atoms with E-state index in [1.807, 2.05) is 24.3 Å². The summed E-state index contributed by atoms with van der Waals surface area (Å²) < 4.78 is 10.7. The van der Waals surface area contributed by atoms with Gasteiger partial charge in [-0.2, -0.15) is 0 Å². The van der Waals surface area contributed by atoms with Crippen LogP contribution < -0.4 is 10.5 Å². The molecule has 2 aromatic rings. The van der Waals surface area contributed by atoms with Gasteiger partial charge in [0.25, 0.3) is 5.22 Å². The summed E-state index contributed by atoms with van der Waals surface area (Å²) >= 11 is 1.59. The molecule has 4 nitrogen and oxygen atoms in total. The minimum atomic E-state index is 0.563. The van der Waals surface area contributed by atoms with E-state index in [9.17, 15) is 0 Å². The Morgan fingerprint density at radius 1 is 1.28 bits per heavy atom. The van der Waals surface area contributed by atoms with E-state index >= 15 is 0 Å². The number of hydrogen-bond acceptors (Lipinski definition) is 5. The second-order valence-electron chi connectivity index (χ2n) is 3.70. The van der Waals surface area contributed by atoms with Crippen molar-refractivity contribution in [2.45, 2.75) is 18.2 Å². The molecule has 0 aliphatic rings. The number of rotatable bonds is 7. The highest BCUT2D eigenvalue weighted by Crippen LogP contribution is 2.16. The Morgan fingerprint density at radius 3 is 2.78 bits per heavy atom. The van der Waals surface area contributed by atoms with Crippen molar-refractivity contribution in [2.75, 3.05) is 12.4 Å². The van der Waals surface area contributed by atoms with E-state index in [0.717, 1.165) is 23.5 Å². The van der Waals surface area contributed by atoms with Crippen LogP contribution in [0.2, 0.25) is 0 Å². The van der Waals surface area contributed by atoms with Crippen molar-refractivity contribution in [3.05, 3.63) is 42.3 Å². The van der Waals surface area contributed by atoms with Gasteiger partial charge in [-0.15, -0.1) is 0 Å². The minimum absolute atomic E-state index is 0.563. The lowest BCUT2D eigenvalue weighted by Crippen LogP contribution is -2.00. The van der Waals surface area contributed by atoms with Crippen LogP contribution in [0.25, 0.3) is 0 Å². The molecule has 0 atom stereocenters. The average molecular weight is 264 g/mol. The molecule has 1 heterocycles. The van der Waals surface area contributed by atoms with Crippen molar-refractivity contribution in [3.8, 4) is 5.75 Å². The lowest BCUT2D eigenvalue weighted by Gasteiger charge is -2.06. The van der Waals surface area contributed by atoms with Crippen LogP contribution in [0.1, 0.15) is 12.0 Å². The molecular weight excluding hydrogens is 248 g/mol. The van der Waals surface area contributed by atoms with Gasteiger partial charge in [0.05, 0.1) is 12.8 Å². The predicted octanol–water partition coefficient (Wildman–Crippen LogP) is 2.69. The molecule has 0 aliphatic carbocycles. The van der Waals surface area contributed by atoms with Crippen LogP contribution in [-0.4, -0.2) is 17.3 Å². The maximum Gasteiger partial charge on any atom is 0.255 e. The molecule has 5 heteroatoms. The number of hydrogen-bond donors (Lipinski definition) is 1. The topological polar surface area (TPSA) is 61.3 Å². The van der Waals surface area contributed by atoms with Gasteiger partial charge in [-0.25, -0.2) is 4.98 Å². The highest BCUT2D eigenvalue weighted by molar-refractivity contribution is 7.99. The van der Waals surface area contributed by atoms with E-state index in [-0.39, 0.29) is 0 Å². The van der Waals surface area contributed by atoms with E-state index in [2.05, 4.69) is 4.98 Å². The lowest BCUT2D eigenvalue weighted by molar-refractivity contribution is 0.318. The van der Waals surface area contributed by atoms with Gasteiger partial charge in [-0.1, -0.05) is 23.9 Å². The quantitative estimate of drug-likeness (QED) is 0.615. The van der Waals surface area contributed by atoms with Crippen molar-refractivity contribution in [3.63, 3.8) is 0 Å². The Kier molecular flexibility index (Phi) is 5.11.